The van der Waals surface area contributed by atoms with E-state index in [1.807, 2.05) is 60.7 Å². The smallest absolute Gasteiger partial charge is 0.330 e. The average Bonchev–Trinajstić information content (AvgIpc) is 3.38. The Bertz CT molecular complexity index is 1660. The molecule has 0 aliphatic carbocycles. The Hall–Kier alpha value is -3.28. The summed E-state index contributed by atoms with van der Waals surface area (Å²) in [6.07, 6.45) is -0.208. The summed E-state index contributed by atoms with van der Waals surface area (Å²) in [5.74, 6) is 0.579. The van der Waals surface area contributed by atoms with Gasteiger partial charge < -0.3 is 18.6 Å². The summed E-state index contributed by atoms with van der Waals surface area (Å²) in [4.78, 5) is 27.4. The molecule has 1 aliphatic heterocycles. The maximum absolute atomic E-state index is 13.1. The SMILES string of the molecule is COc1ccc(C(OC[C@H]2O[C@@H](n3ccc(=O)[nH]c3=O)[C@H](O[Si](C)(C)C(C)(C)C)[C@@H]2CBr)(c2ccccc2)c2ccccc2)cc1. The highest BCUT2D eigenvalue weighted by Crippen LogP contribution is 2.46. The molecule has 0 unspecified atom stereocenters. The maximum atomic E-state index is 13.1. The van der Waals surface area contributed by atoms with Crippen molar-refractivity contribution in [1.29, 1.82) is 0 Å². The standard InChI is InChI=1S/C36H43BrN2O6Si/c1-35(2,3)46(5,6)45-32-29(23-37)30(44-33(32)39-22-21-31(40)38-34(39)41)24-43-36(25-13-9-7-10-14-25,26-15-11-8-12-16-26)27-17-19-28(42-4)20-18-27/h7-22,29-30,32-33H,23-24H2,1-6H3,(H,38,40,41)/t29-,30-,32-,33-/m1/s1. The molecule has 3 aromatic carbocycles. The van der Waals surface area contributed by atoms with E-state index in [9.17, 15) is 9.59 Å². The minimum atomic E-state index is -2.33. The van der Waals surface area contributed by atoms with Gasteiger partial charge in [-0.05, 0) is 47.0 Å². The third-order valence-corrected chi connectivity index (χ3v) is 14.6. The number of rotatable bonds is 11. The van der Waals surface area contributed by atoms with E-state index in [2.05, 4.69) is 79.0 Å². The first-order valence-corrected chi connectivity index (χ1v) is 19.5. The van der Waals surface area contributed by atoms with Crippen LogP contribution in [-0.4, -0.2) is 49.1 Å². The predicted molar refractivity (Wildman–Crippen MR) is 186 cm³/mol. The van der Waals surface area contributed by atoms with Crippen LogP contribution in [0.15, 0.2) is 107 Å². The van der Waals surface area contributed by atoms with E-state index < -0.39 is 43.6 Å². The molecule has 4 aromatic rings. The monoisotopic (exact) mass is 706 g/mol. The van der Waals surface area contributed by atoms with Gasteiger partial charge in [0.05, 0.1) is 25.9 Å². The molecule has 1 aliphatic rings. The van der Waals surface area contributed by atoms with E-state index in [0.29, 0.717) is 5.33 Å². The Labute approximate surface area is 280 Å². The number of halogens is 1. The largest absolute Gasteiger partial charge is 0.497 e. The first-order valence-electron chi connectivity index (χ1n) is 15.5. The van der Waals surface area contributed by atoms with Crippen molar-refractivity contribution in [3.8, 4) is 5.75 Å². The lowest BCUT2D eigenvalue weighted by Crippen LogP contribution is -2.48. The van der Waals surface area contributed by atoms with Gasteiger partial charge in [-0.3, -0.25) is 14.3 Å². The van der Waals surface area contributed by atoms with Gasteiger partial charge >= 0.3 is 5.69 Å². The highest BCUT2D eigenvalue weighted by Gasteiger charge is 2.51. The molecular formula is C36H43BrN2O6Si. The lowest BCUT2D eigenvalue weighted by Gasteiger charge is -2.41. The van der Waals surface area contributed by atoms with Gasteiger partial charge in [0.25, 0.3) is 5.56 Å². The van der Waals surface area contributed by atoms with Gasteiger partial charge in [-0.2, -0.15) is 0 Å². The second kappa shape index (κ2) is 13.8. The third-order valence-electron chi connectivity index (χ3n) is 9.36. The molecule has 1 aromatic heterocycles. The summed E-state index contributed by atoms with van der Waals surface area (Å²) in [6, 6.07) is 29.6. The molecule has 0 amide bonds. The molecule has 46 heavy (non-hydrogen) atoms. The first kappa shape index (κ1) is 34.1. The van der Waals surface area contributed by atoms with E-state index in [1.54, 1.807) is 7.11 Å². The van der Waals surface area contributed by atoms with E-state index in [4.69, 9.17) is 18.6 Å². The van der Waals surface area contributed by atoms with Crippen LogP contribution in [0.4, 0.5) is 0 Å². The van der Waals surface area contributed by atoms with Crippen molar-refractivity contribution in [2.24, 2.45) is 5.92 Å². The van der Waals surface area contributed by atoms with Crippen LogP contribution in [0.3, 0.4) is 0 Å². The second-order valence-corrected chi connectivity index (χ2v) is 18.6. The zero-order valence-corrected chi connectivity index (χ0v) is 29.8. The molecule has 0 bridgehead atoms. The molecule has 1 fully saturated rings. The van der Waals surface area contributed by atoms with Crippen molar-refractivity contribution < 1.29 is 18.6 Å². The Morgan fingerprint density at radius 1 is 0.870 bits per heavy atom. The molecule has 244 valence electrons. The van der Waals surface area contributed by atoms with E-state index in [0.717, 1.165) is 22.4 Å². The Kier molecular flexibility index (Phi) is 10.2. The molecule has 0 radical (unpaired) electrons. The van der Waals surface area contributed by atoms with E-state index in [1.165, 1.54) is 16.8 Å². The molecule has 0 spiro atoms. The fourth-order valence-corrected chi connectivity index (χ4v) is 7.88. The summed E-state index contributed by atoms with van der Waals surface area (Å²) < 4.78 is 27.9. The summed E-state index contributed by atoms with van der Waals surface area (Å²) >= 11 is 3.76. The molecule has 0 saturated carbocycles. The molecule has 10 heteroatoms. The number of hydrogen-bond donors (Lipinski definition) is 1. The van der Waals surface area contributed by atoms with E-state index >= 15 is 0 Å². The topological polar surface area (TPSA) is 91.8 Å². The van der Waals surface area contributed by atoms with Crippen LogP contribution in [0.1, 0.15) is 43.7 Å². The number of alkyl halides is 1. The van der Waals surface area contributed by atoms with Gasteiger partial charge in [-0.25, -0.2) is 4.79 Å². The highest BCUT2D eigenvalue weighted by molar-refractivity contribution is 9.09. The number of methoxy groups -OCH3 is 1. The minimum Gasteiger partial charge on any atom is -0.497 e. The van der Waals surface area contributed by atoms with Crippen molar-refractivity contribution in [3.63, 3.8) is 0 Å². The lowest BCUT2D eigenvalue weighted by molar-refractivity contribution is -0.0890. The molecule has 2 heterocycles. The lowest BCUT2D eigenvalue weighted by atomic mass is 9.80. The number of H-pyrrole nitrogens is 1. The van der Waals surface area contributed by atoms with Gasteiger partial charge in [0.15, 0.2) is 14.5 Å². The minimum absolute atomic E-state index is 0.0803. The number of nitrogens with zero attached hydrogens (tertiary/aromatic N) is 1. The van der Waals surface area contributed by atoms with Gasteiger partial charge in [0.2, 0.25) is 0 Å². The fourth-order valence-electron chi connectivity index (χ4n) is 5.77. The van der Waals surface area contributed by atoms with Crippen LogP contribution < -0.4 is 16.0 Å². The second-order valence-electron chi connectivity index (χ2n) is 13.2. The van der Waals surface area contributed by atoms with Crippen LogP contribution in [-0.2, 0) is 19.5 Å². The van der Waals surface area contributed by atoms with Crippen LogP contribution in [0.2, 0.25) is 18.1 Å². The number of aromatic nitrogens is 2. The first-order chi connectivity index (χ1) is 21.9. The third kappa shape index (κ3) is 6.73. The van der Waals surface area contributed by atoms with Crippen LogP contribution >= 0.6 is 15.9 Å². The van der Waals surface area contributed by atoms with Gasteiger partial charge in [-0.15, -0.1) is 0 Å². The van der Waals surface area contributed by atoms with Crippen LogP contribution in [0.25, 0.3) is 0 Å². The number of nitrogens with one attached hydrogen (secondary N) is 1. The van der Waals surface area contributed by atoms with Crippen LogP contribution in [0.5, 0.6) is 5.75 Å². The average molecular weight is 708 g/mol. The zero-order chi connectivity index (χ0) is 33.1. The maximum Gasteiger partial charge on any atom is 0.330 e. The Morgan fingerprint density at radius 2 is 1.43 bits per heavy atom. The predicted octanol–water partition coefficient (Wildman–Crippen LogP) is 6.85. The van der Waals surface area contributed by atoms with Gasteiger partial charge in [0.1, 0.15) is 11.4 Å². The van der Waals surface area contributed by atoms with Crippen molar-refractivity contribution >= 4 is 24.2 Å². The van der Waals surface area contributed by atoms with Crippen LogP contribution in [0, 0.1) is 5.92 Å². The van der Waals surface area contributed by atoms with Crippen molar-refractivity contribution in [2.75, 3.05) is 19.0 Å². The molecular weight excluding hydrogens is 664 g/mol. The summed E-state index contributed by atoms with van der Waals surface area (Å²) in [7, 11) is -0.678. The van der Waals surface area contributed by atoms with Crippen molar-refractivity contribution in [2.45, 2.75) is 62.9 Å². The summed E-state index contributed by atoms with van der Waals surface area (Å²) in [6.45, 7) is 11.1. The molecule has 4 atom stereocenters. The summed E-state index contributed by atoms with van der Waals surface area (Å²) in [5.41, 5.74) is 0.856. The highest BCUT2D eigenvalue weighted by atomic mass is 79.9. The molecule has 8 nitrogen and oxygen atoms in total. The number of hydrogen-bond acceptors (Lipinski definition) is 6. The van der Waals surface area contributed by atoms with E-state index in [-0.39, 0.29) is 17.6 Å². The van der Waals surface area contributed by atoms with Crippen molar-refractivity contribution in [1.82, 2.24) is 9.55 Å². The molecule has 5 rings (SSSR count). The normalized spacial score (nSPS) is 20.5. The summed E-state index contributed by atoms with van der Waals surface area (Å²) in [5, 5.41) is 0.476. The number of benzene rings is 3. The zero-order valence-electron chi connectivity index (χ0n) is 27.2. The molecule has 1 saturated heterocycles. The number of ether oxygens (including phenoxy) is 3. The van der Waals surface area contributed by atoms with Gasteiger partial charge in [0, 0.05) is 23.5 Å². The number of aromatic amines is 1. The molecule has 1 N–H and O–H groups in total. The Morgan fingerprint density at radius 3 is 1.93 bits per heavy atom. The van der Waals surface area contributed by atoms with Gasteiger partial charge in [-0.1, -0.05) is 109 Å². The van der Waals surface area contributed by atoms with Crippen molar-refractivity contribution in [3.05, 3.63) is 135 Å². The Balaban J connectivity index is 1.60. The fraction of sp³-hybridized carbons (Fsp3) is 0.389. The quantitative estimate of drug-likeness (QED) is 0.104.